The second kappa shape index (κ2) is 9.55. The zero-order valence-corrected chi connectivity index (χ0v) is 15.2. The van der Waals surface area contributed by atoms with Crippen molar-refractivity contribution in [2.45, 2.75) is 5.75 Å². The van der Waals surface area contributed by atoms with Crippen molar-refractivity contribution in [1.29, 1.82) is 0 Å². The molecule has 0 heterocycles. The zero-order chi connectivity index (χ0) is 18.2. The van der Waals surface area contributed by atoms with E-state index in [2.05, 4.69) is 16.2 Å². The number of amides is 1. The fourth-order valence-electron chi connectivity index (χ4n) is 1.77. The van der Waals surface area contributed by atoms with Crippen LogP contribution in [0.25, 0.3) is 0 Å². The molecule has 0 fully saturated rings. The first-order valence-corrected chi connectivity index (χ1v) is 9.02. The number of rotatable bonds is 5. The fraction of sp³-hybridized carbons (Fsp3) is 0.125. The van der Waals surface area contributed by atoms with Crippen LogP contribution in [0, 0.1) is 11.6 Å². The summed E-state index contributed by atoms with van der Waals surface area (Å²) in [6.45, 7) is 0. The number of hydrogen-bond acceptors (Lipinski definition) is 3. The highest BCUT2D eigenvalue weighted by Gasteiger charge is 2.07. The Bertz CT molecular complexity index is 777. The van der Waals surface area contributed by atoms with E-state index in [1.54, 1.807) is 18.2 Å². The maximum Gasteiger partial charge on any atom is 0.248 e. The summed E-state index contributed by atoms with van der Waals surface area (Å²) in [6, 6.07) is 10.2. The minimum atomic E-state index is -0.454. The molecular formula is C16H14ClF2N3OS2. The lowest BCUT2D eigenvalue weighted by atomic mass is 10.2. The van der Waals surface area contributed by atoms with Gasteiger partial charge in [0, 0.05) is 10.8 Å². The van der Waals surface area contributed by atoms with Crippen LogP contribution in [0.5, 0.6) is 0 Å². The van der Waals surface area contributed by atoms with Crippen LogP contribution in [0.2, 0.25) is 5.02 Å². The van der Waals surface area contributed by atoms with E-state index in [9.17, 15) is 13.6 Å². The van der Waals surface area contributed by atoms with Gasteiger partial charge in [-0.15, -0.1) is 11.8 Å². The molecule has 2 aromatic carbocycles. The minimum absolute atomic E-state index is 0.0602. The maximum absolute atomic E-state index is 13.5. The molecule has 0 saturated carbocycles. The van der Waals surface area contributed by atoms with Crippen LogP contribution in [-0.2, 0) is 10.5 Å². The minimum Gasteiger partial charge on any atom is -0.329 e. The number of nitrogens with one attached hydrogen (secondary N) is 3. The molecule has 3 N–H and O–H groups in total. The Labute approximate surface area is 158 Å². The normalized spacial score (nSPS) is 10.2. The van der Waals surface area contributed by atoms with Gasteiger partial charge in [-0.25, -0.2) is 8.78 Å². The number of thiocarbonyl (C=S) groups is 1. The standard InChI is InChI=1S/C16H14ClF2N3OS2/c17-12-7-11(18)6-5-10(12)8-25-9-15(23)21-22-16(24)20-14-4-2-1-3-13(14)19/h1-7H,8-9H2,(H,21,23)(H2,20,22,24). The molecule has 9 heteroatoms. The van der Waals surface area contributed by atoms with Gasteiger partial charge in [0.05, 0.1) is 11.4 Å². The molecule has 25 heavy (non-hydrogen) atoms. The van der Waals surface area contributed by atoms with E-state index in [4.69, 9.17) is 23.8 Å². The highest BCUT2D eigenvalue weighted by Crippen LogP contribution is 2.22. The predicted octanol–water partition coefficient (Wildman–Crippen LogP) is 3.87. The molecule has 0 aromatic heterocycles. The topological polar surface area (TPSA) is 53.2 Å². The molecule has 0 bridgehead atoms. The smallest absolute Gasteiger partial charge is 0.248 e. The van der Waals surface area contributed by atoms with Crippen LogP contribution in [0.4, 0.5) is 14.5 Å². The van der Waals surface area contributed by atoms with E-state index in [1.807, 2.05) is 0 Å². The second-order valence-corrected chi connectivity index (χ2v) is 6.64. The summed E-state index contributed by atoms with van der Waals surface area (Å²) in [5, 5.41) is 3.01. The van der Waals surface area contributed by atoms with Crippen LogP contribution in [0.3, 0.4) is 0 Å². The summed E-state index contributed by atoms with van der Waals surface area (Å²) in [4.78, 5) is 11.7. The number of carbonyl (C=O) groups is 1. The number of anilines is 1. The van der Waals surface area contributed by atoms with Crippen molar-refractivity contribution in [3.63, 3.8) is 0 Å². The Hall–Kier alpha value is -1.90. The van der Waals surface area contributed by atoms with E-state index in [0.29, 0.717) is 10.8 Å². The van der Waals surface area contributed by atoms with E-state index in [1.165, 1.54) is 36.0 Å². The molecule has 2 rings (SSSR count). The lowest BCUT2D eigenvalue weighted by molar-refractivity contribution is -0.119. The Morgan fingerprint density at radius 2 is 1.92 bits per heavy atom. The first-order valence-electron chi connectivity index (χ1n) is 7.08. The monoisotopic (exact) mass is 401 g/mol. The van der Waals surface area contributed by atoms with Gasteiger partial charge in [0.1, 0.15) is 11.6 Å². The van der Waals surface area contributed by atoms with Gasteiger partial charge in [0.2, 0.25) is 5.91 Å². The van der Waals surface area contributed by atoms with Crippen molar-refractivity contribution in [3.8, 4) is 0 Å². The molecule has 0 saturated heterocycles. The van der Waals surface area contributed by atoms with Crippen LogP contribution >= 0.6 is 35.6 Å². The van der Waals surface area contributed by atoms with Crippen molar-refractivity contribution in [2.75, 3.05) is 11.1 Å². The van der Waals surface area contributed by atoms with Crippen LogP contribution < -0.4 is 16.2 Å². The van der Waals surface area contributed by atoms with E-state index < -0.39 is 11.6 Å². The Morgan fingerprint density at radius 1 is 1.16 bits per heavy atom. The third-order valence-corrected chi connectivity index (χ3v) is 4.48. The van der Waals surface area contributed by atoms with Gasteiger partial charge in [-0.3, -0.25) is 15.6 Å². The SMILES string of the molecule is O=C(CSCc1ccc(F)cc1Cl)NNC(=S)Nc1ccccc1F. The average Bonchev–Trinajstić information content (AvgIpc) is 2.57. The van der Waals surface area contributed by atoms with Gasteiger partial charge in [-0.05, 0) is 42.0 Å². The summed E-state index contributed by atoms with van der Waals surface area (Å²) in [5.74, 6) is -0.574. The molecule has 0 spiro atoms. The molecule has 0 unspecified atom stereocenters. The predicted molar refractivity (Wildman–Crippen MR) is 101 cm³/mol. The number of thioether (sulfide) groups is 1. The van der Waals surface area contributed by atoms with Gasteiger partial charge in [-0.2, -0.15) is 0 Å². The Morgan fingerprint density at radius 3 is 2.64 bits per heavy atom. The zero-order valence-electron chi connectivity index (χ0n) is 12.8. The van der Waals surface area contributed by atoms with Gasteiger partial charge in [0.15, 0.2) is 5.11 Å². The molecule has 0 aliphatic carbocycles. The van der Waals surface area contributed by atoms with Crippen LogP contribution in [0.15, 0.2) is 42.5 Å². The van der Waals surface area contributed by atoms with Gasteiger partial charge in [0.25, 0.3) is 0 Å². The lowest BCUT2D eigenvalue weighted by Gasteiger charge is -2.12. The third kappa shape index (κ3) is 6.49. The number of para-hydroxylation sites is 1. The molecule has 2 aromatic rings. The highest BCUT2D eigenvalue weighted by atomic mass is 35.5. The number of hydrazine groups is 1. The summed E-state index contributed by atoms with van der Waals surface area (Å²) < 4.78 is 26.4. The quantitative estimate of drug-likeness (QED) is 0.524. The van der Waals surface area contributed by atoms with Gasteiger partial charge >= 0.3 is 0 Å². The van der Waals surface area contributed by atoms with Gasteiger partial charge < -0.3 is 5.32 Å². The molecule has 132 valence electrons. The average molecular weight is 402 g/mol. The number of halogens is 3. The van der Waals surface area contributed by atoms with Gasteiger partial charge in [-0.1, -0.05) is 29.8 Å². The first-order chi connectivity index (χ1) is 12.0. The lowest BCUT2D eigenvalue weighted by Crippen LogP contribution is -2.44. The highest BCUT2D eigenvalue weighted by molar-refractivity contribution is 7.99. The van der Waals surface area contributed by atoms with Crippen molar-refractivity contribution in [3.05, 3.63) is 64.7 Å². The first kappa shape index (κ1) is 19.4. The van der Waals surface area contributed by atoms with Crippen molar-refractivity contribution >= 4 is 52.3 Å². The molecule has 0 aliphatic rings. The van der Waals surface area contributed by atoms with E-state index >= 15 is 0 Å². The summed E-state index contributed by atoms with van der Waals surface area (Å²) in [5.41, 5.74) is 5.84. The molecule has 0 radical (unpaired) electrons. The summed E-state index contributed by atoms with van der Waals surface area (Å²) in [7, 11) is 0. The van der Waals surface area contributed by atoms with Crippen molar-refractivity contribution in [1.82, 2.24) is 10.9 Å². The second-order valence-electron chi connectivity index (χ2n) is 4.84. The third-order valence-electron chi connectivity index (χ3n) is 2.94. The number of benzene rings is 2. The number of carbonyl (C=O) groups excluding carboxylic acids is 1. The summed E-state index contributed by atoms with van der Waals surface area (Å²) in [6.07, 6.45) is 0. The Balaban J connectivity index is 1.70. The molecule has 4 nitrogen and oxygen atoms in total. The molecular weight excluding hydrogens is 388 g/mol. The van der Waals surface area contributed by atoms with Crippen LogP contribution in [0.1, 0.15) is 5.56 Å². The fourth-order valence-corrected chi connectivity index (χ4v) is 3.08. The van der Waals surface area contributed by atoms with E-state index in [0.717, 1.165) is 5.56 Å². The largest absolute Gasteiger partial charge is 0.329 e. The van der Waals surface area contributed by atoms with Crippen molar-refractivity contribution in [2.24, 2.45) is 0 Å². The summed E-state index contributed by atoms with van der Waals surface area (Å²) >= 11 is 12.2. The maximum atomic E-state index is 13.5. The number of hydrogen-bond donors (Lipinski definition) is 3. The van der Waals surface area contributed by atoms with Crippen molar-refractivity contribution < 1.29 is 13.6 Å². The molecule has 0 aliphatic heterocycles. The Kier molecular flexibility index (Phi) is 7.42. The molecule has 0 atom stereocenters. The molecule has 1 amide bonds. The van der Waals surface area contributed by atoms with E-state index in [-0.39, 0.29) is 22.5 Å². The van der Waals surface area contributed by atoms with Crippen LogP contribution in [-0.4, -0.2) is 16.8 Å².